The molecule has 0 aliphatic heterocycles. The average Bonchev–Trinajstić information content (AvgIpc) is 2.91. The monoisotopic (exact) mass is 356 g/mol. The van der Waals surface area contributed by atoms with Gasteiger partial charge in [0.15, 0.2) is 5.76 Å². The zero-order valence-electron chi connectivity index (χ0n) is 14.1. The summed E-state index contributed by atoms with van der Waals surface area (Å²) in [5.41, 5.74) is 2.48. The van der Waals surface area contributed by atoms with Gasteiger partial charge in [-0.05, 0) is 49.4 Å². The van der Waals surface area contributed by atoms with Gasteiger partial charge in [0.1, 0.15) is 5.58 Å². The van der Waals surface area contributed by atoms with E-state index >= 15 is 0 Å². The molecular formula is C19H17ClN2O3. The molecule has 0 aliphatic carbocycles. The predicted octanol–water partition coefficient (Wildman–Crippen LogP) is 4.35. The lowest BCUT2D eigenvalue weighted by atomic mass is 10.1. The van der Waals surface area contributed by atoms with Crippen LogP contribution in [0.5, 0.6) is 0 Å². The van der Waals surface area contributed by atoms with Crippen LogP contribution in [0.2, 0.25) is 5.02 Å². The van der Waals surface area contributed by atoms with Gasteiger partial charge in [0.05, 0.1) is 0 Å². The van der Waals surface area contributed by atoms with Crippen LogP contribution in [-0.2, 0) is 0 Å². The van der Waals surface area contributed by atoms with E-state index < -0.39 is 0 Å². The van der Waals surface area contributed by atoms with Crippen molar-refractivity contribution in [1.82, 2.24) is 4.90 Å². The molecule has 0 fully saturated rings. The Morgan fingerprint density at radius 3 is 2.40 bits per heavy atom. The van der Waals surface area contributed by atoms with Crippen LogP contribution in [0, 0.1) is 6.92 Å². The van der Waals surface area contributed by atoms with Gasteiger partial charge in [-0.15, -0.1) is 0 Å². The fraction of sp³-hybridized carbons (Fsp3) is 0.158. The van der Waals surface area contributed by atoms with Crippen molar-refractivity contribution in [2.45, 2.75) is 6.92 Å². The fourth-order valence-electron chi connectivity index (χ4n) is 2.55. The number of fused-ring (bicyclic) bond motifs is 1. The molecular weight excluding hydrogens is 340 g/mol. The highest BCUT2D eigenvalue weighted by atomic mass is 35.5. The Labute approximate surface area is 150 Å². The van der Waals surface area contributed by atoms with Crippen LogP contribution in [-0.4, -0.2) is 30.8 Å². The second kappa shape index (κ2) is 6.61. The number of nitrogens with zero attached hydrogens (tertiary/aromatic N) is 1. The highest BCUT2D eigenvalue weighted by Gasteiger charge is 2.18. The summed E-state index contributed by atoms with van der Waals surface area (Å²) in [4.78, 5) is 25.9. The molecule has 0 spiro atoms. The lowest BCUT2D eigenvalue weighted by Crippen LogP contribution is -2.21. The van der Waals surface area contributed by atoms with Gasteiger partial charge < -0.3 is 14.6 Å². The van der Waals surface area contributed by atoms with Crippen molar-refractivity contribution >= 4 is 40.1 Å². The molecule has 0 saturated heterocycles. The number of halogens is 1. The number of nitrogens with one attached hydrogen (secondary N) is 1. The van der Waals surface area contributed by atoms with Gasteiger partial charge in [-0.2, -0.15) is 0 Å². The van der Waals surface area contributed by atoms with E-state index in [-0.39, 0.29) is 17.6 Å². The minimum absolute atomic E-state index is 0.0946. The number of hydrogen-bond acceptors (Lipinski definition) is 3. The third-order valence-electron chi connectivity index (χ3n) is 3.90. The fourth-order valence-corrected chi connectivity index (χ4v) is 2.72. The van der Waals surface area contributed by atoms with Gasteiger partial charge in [0, 0.05) is 41.3 Å². The Hall–Kier alpha value is -2.79. The summed E-state index contributed by atoms with van der Waals surface area (Å²) in [6, 6.07) is 11.9. The third-order valence-corrected chi connectivity index (χ3v) is 4.14. The van der Waals surface area contributed by atoms with E-state index in [2.05, 4.69) is 5.32 Å². The van der Waals surface area contributed by atoms with Crippen LogP contribution in [0.1, 0.15) is 26.5 Å². The minimum Gasteiger partial charge on any atom is -0.451 e. The van der Waals surface area contributed by atoms with Gasteiger partial charge in [-0.25, -0.2) is 0 Å². The molecule has 3 aromatic rings. The number of rotatable bonds is 3. The number of carbonyl (C=O) groups is 2. The molecule has 0 aliphatic rings. The Balaban J connectivity index is 1.83. The molecule has 128 valence electrons. The Kier molecular flexibility index (Phi) is 4.51. The maximum Gasteiger partial charge on any atom is 0.291 e. The first-order chi connectivity index (χ1) is 11.9. The topological polar surface area (TPSA) is 62.6 Å². The molecule has 5 nitrogen and oxygen atoms in total. The minimum atomic E-state index is -0.350. The Morgan fingerprint density at radius 1 is 1.08 bits per heavy atom. The van der Waals surface area contributed by atoms with Crippen molar-refractivity contribution in [3.05, 3.63) is 64.4 Å². The molecule has 0 unspecified atom stereocenters. The molecule has 25 heavy (non-hydrogen) atoms. The van der Waals surface area contributed by atoms with E-state index in [0.29, 0.717) is 21.9 Å². The Morgan fingerprint density at radius 2 is 1.76 bits per heavy atom. The van der Waals surface area contributed by atoms with Crippen LogP contribution < -0.4 is 5.32 Å². The second-order valence-corrected chi connectivity index (χ2v) is 6.36. The van der Waals surface area contributed by atoms with Gasteiger partial charge in [-0.1, -0.05) is 11.6 Å². The second-order valence-electron chi connectivity index (χ2n) is 5.93. The molecule has 0 saturated carbocycles. The number of hydrogen-bond donors (Lipinski definition) is 1. The van der Waals surface area contributed by atoms with E-state index in [1.165, 1.54) is 4.90 Å². The van der Waals surface area contributed by atoms with Gasteiger partial charge in [0.25, 0.3) is 11.8 Å². The maximum atomic E-state index is 12.5. The standard InChI is InChI=1S/C19H17ClN2O3/c1-11-15-10-13(20)6-9-16(15)25-17(11)18(23)21-14-7-4-12(5-8-14)19(24)22(2)3/h4-10H,1-3H3,(H,21,23). The van der Waals surface area contributed by atoms with Crippen molar-refractivity contribution in [2.24, 2.45) is 0 Å². The molecule has 0 radical (unpaired) electrons. The molecule has 2 amide bonds. The number of furan rings is 1. The van der Waals surface area contributed by atoms with Crippen LogP contribution in [0.25, 0.3) is 11.0 Å². The highest BCUT2D eigenvalue weighted by molar-refractivity contribution is 6.31. The molecule has 0 bridgehead atoms. The molecule has 0 atom stereocenters. The van der Waals surface area contributed by atoms with E-state index in [0.717, 1.165) is 10.9 Å². The first-order valence-corrected chi connectivity index (χ1v) is 8.06. The molecule has 1 N–H and O–H groups in total. The highest BCUT2D eigenvalue weighted by Crippen LogP contribution is 2.28. The van der Waals surface area contributed by atoms with Gasteiger partial charge >= 0.3 is 0 Å². The van der Waals surface area contributed by atoms with E-state index in [1.807, 2.05) is 6.92 Å². The van der Waals surface area contributed by atoms with Crippen LogP contribution in [0.3, 0.4) is 0 Å². The first kappa shape index (κ1) is 17.0. The van der Waals surface area contributed by atoms with Gasteiger partial charge in [0.2, 0.25) is 0 Å². The van der Waals surface area contributed by atoms with E-state index in [9.17, 15) is 9.59 Å². The van der Waals surface area contributed by atoms with Gasteiger partial charge in [-0.3, -0.25) is 9.59 Å². The van der Waals surface area contributed by atoms with Crippen molar-refractivity contribution in [3.63, 3.8) is 0 Å². The zero-order chi connectivity index (χ0) is 18.1. The summed E-state index contributed by atoms with van der Waals surface area (Å²) in [5, 5.41) is 4.18. The quantitative estimate of drug-likeness (QED) is 0.758. The molecule has 2 aromatic carbocycles. The van der Waals surface area contributed by atoms with Crippen LogP contribution in [0.15, 0.2) is 46.9 Å². The van der Waals surface area contributed by atoms with Crippen molar-refractivity contribution < 1.29 is 14.0 Å². The van der Waals surface area contributed by atoms with Crippen molar-refractivity contribution in [1.29, 1.82) is 0 Å². The van der Waals surface area contributed by atoms with Crippen molar-refractivity contribution in [3.8, 4) is 0 Å². The summed E-state index contributed by atoms with van der Waals surface area (Å²) < 4.78 is 5.65. The average molecular weight is 357 g/mol. The number of amides is 2. The summed E-state index contributed by atoms with van der Waals surface area (Å²) in [6.07, 6.45) is 0. The smallest absolute Gasteiger partial charge is 0.291 e. The molecule has 6 heteroatoms. The lowest BCUT2D eigenvalue weighted by molar-refractivity contribution is 0.0827. The number of carbonyl (C=O) groups excluding carboxylic acids is 2. The summed E-state index contributed by atoms with van der Waals surface area (Å²) >= 11 is 6.00. The van der Waals surface area contributed by atoms with E-state index in [4.69, 9.17) is 16.0 Å². The molecule has 1 aromatic heterocycles. The van der Waals surface area contributed by atoms with Crippen LogP contribution in [0.4, 0.5) is 5.69 Å². The maximum absolute atomic E-state index is 12.5. The largest absolute Gasteiger partial charge is 0.451 e. The summed E-state index contributed by atoms with van der Waals surface area (Å²) in [6.45, 7) is 1.82. The molecule has 1 heterocycles. The predicted molar refractivity (Wildman–Crippen MR) is 98.4 cm³/mol. The van der Waals surface area contributed by atoms with Crippen molar-refractivity contribution in [2.75, 3.05) is 19.4 Å². The summed E-state index contributed by atoms with van der Waals surface area (Å²) in [5.74, 6) is -0.204. The lowest BCUT2D eigenvalue weighted by Gasteiger charge is -2.10. The molecule has 3 rings (SSSR count). The number of benzene rings is 2. The zero-order valence-corrected chi connectivity index (χ0v) is 14.8. The normalized spacial score (nSPS) is 10.7. The number of anilines is 1. The summed E-state index contributed by atoms with van der Waals surface area (Å²) in [7, 11) is 3.38. The van der Waals surface area contributed by atoms with E-state index in [1.54, 1.807) is 56.6 Å². The van der Waals surface area contributed by atoms with Crippen LogP contribution >= 0.6 is 11.6 Å². The third kappa shape index (κ3) is 3.37. The number of aryl methyl sites for hydroxylation is 1. The SMILES string of the molecule is Cc1c(C(=O)Nc2ccc(C(=O)N(C)C)cc2)oc2ccc(Cl)cc12. The Bertz CT molecular complexity index is 959. The first-order valence-electron chi connectivity index (χ1n) is 7.68.